The lowest BCUT2D eigenvalue weighted by Crippen LogP contribution is -2.14. The predicted octanol–water partition coefficient (Wildman–Crippen LogP) is 2.14. The molecular formula is C12H14N2O4. The van der Waals surface area contributed by atoms with E-state index in [0.29, 0.717) is 11.4 Å². The van der Waals surface area contributed by atoms with Crippen molar-refractivity contribution in [2.45, 2.75) is 6.92 Å². The van der Waals surface area contributed by atoms with Crippen LogP contribution in [0.15, 0.2) is 12.1 Å². The van der Waals surface area contributed by atoms with Gasteiger partial charge in [0.25, 0.3) is 0 Å². The van der Waals surface area contributed by atoms with E-state index in [4.69, 9.17) is 19.5 Å². The molecule has 0 aliphatic carbocycles. The lowest BCUT2D eigenvalue weighted by Gasteiger charge is -2.13. The van der Waals surface area contributed by atoms with Crippen LogP contribution in [0.4, 0.5) is 10.5 Å². The van der Waals surface area contributed by atoms with Crippen LogP contribution in [-0.4, -0.2) is 26.9 Å². The van der Waals surface area contributed by atoms with Crippen molar-refractivity contribution in [1.82, 2.24) is 0 Å². The fourth-order valence-electron chi connectivity index (χ4n) is 1.42. The van der Waals surface area contributed by atoms with Gasteiger partial charge in [-0.3, -0.25) is 5.32 Å². The maximum absolute atomic E-state index is 11.3. The lowest BCUT2D eigenvalue weighted by atomic mass is 10.1. The highest BCUT2D eigenvalue weighted by Gasteiger charge is 2.16. The topological polar surface area (TPSA) is 80.6 Å². The fourth-order valence-corrected chi connectivity index (χ4v) is 1.42. The zero-order chi connectivity index (χ0) is 13.5. The van der Waals surface area contributed by atoms with Gasteiger partial charge in [-0.2, -0.15) is 5.26 Å². The summed E-state index contributed by atoms with van der Waals surface area (Å²) in [6, 6.07) is 5.11. The third-order valence-corrected chi connectivity index (χ3v) is 2.17. The van der Waals surface area contributed by atoms with Gasteiger partial charge in [-0.25, -0.2) is 4.79 Å². The summed E-state index contributed by atoms with van der Waals surface area (Å²) in [5.41, 5.74) is 0.499. The Morgan fingerprint density at radius 1 is 1.39 bits per heavy atom. The first-order chi connectivity index (χ1) is 8.67. The number of anilines is 1. The maximum Gasteiger partial charge on any atom is 0.411 e. The van der Waals surface area contributed by atoms with Gasteiger partial charge < -0.3 is 14.2 Å². The molecule has 6 nitrogen and oxygen atoms in total. The predicted molar refractivity (Wildman–Crippen MR) is 64.9 cm³/mol. The van der Waals surface area contributed by atoms with Crippen molar-refractivity contribution < 1.29 is 19.0 Å². The Morgan fingerprint density at radius 2 is 2.11 bits per heavy atom. The molecule has 0 spiro atoms. The number of hydrogen-bond acceptors (Lipinski definition) is 5. The van der Waals surface area contributed by atoms with Gasteiger partial charge in [-0.05, 0) is 19.1 Å². The van der Waals surface area contributed by atoms with Crippen molar-refractivity contribution in [2.75, 3.05) is 26.1 Å². The maximum atomic E-state index is 11.3. The van der Waals surface area contributed by atoms with Gasteiger partial charge in [0.2, 0.25) is 0 Å². The van der Waals surface area contributed by atoms with Gasteiger partial charge in [0, 0.05) is 0 Å². The number of amides is 1. The van der Waals surface area contributed by atoms with E-state index in [9.17, 15) is 4.79 Å². The highest BCUT2D eigenvalue weighted by molar-refractivity contribution is 5.88. The number of benzene rings is 1. The molecule has 1 aromatic rings. The van der Waals surface area contributed by atoms with Gasteiger partial charge in [-0.1, -0.05) is 0 Å². The van der Waals surface area contributed by atoms with E-state index < -0.39 is 6.09 Å². The molecule has 18 heavy (non-hydrogen) atoms. The molecule has 0 atom stereocenters. The van der Waals surface area contributed by atoms with Crippen LogP contribution in [0.5, 0.6) is 11.5 Å². The highest BCUT2D eigenvalue weighted by Crippen LogP contribution is 2.35. The van der Waals surface area contributed by atoms with E-state index in [0.717, 1.165) is 0 Å². The third kappa shape index (κ3) is 2.83. The molecule has 1 N–H and O–H groups in total. The largest absolute Gasteiger partial charge is 0.493 e. The molecule has 0 aromatic heterocycles. The zero-order valence-corrected chi connectivity index (χ0v) is 10.4. The van der Waals surface area contributed by atoms with Crippen LogP contribution in [-0.2, 0) is 4.74 Å². The van der Waals surface area contributed by atoms with E-state index in [1.807, 2.05) is 6.07 Å². The zero-order valence-electron chi connectivity index (χ0n) is 10.4. The van der Waals surface area contributed by atoms with Crippen molar-refractivity contribution in [2.24, 2.45) is 0 Å². The number of ether oxygens (including phenoxy) is 3. The minimum Gasteiger partial charge on any atom is -0.493 e. The van der Waals surface area contributed by atoms with Gasteiger partial charge in [0.05, 0.1) is 26.5 Å². The minimum atomic E-state index is -0.624. The molecule has 96 valence electrons. The Labute approximate surface area is 105 Å². The van der Waals surface area contributed by atoms with Crippen molar-refractivity contribution in [3.63, 3.8) is 0 Å². The van der Waals surface area contributed by atoms with Gasteiger partial charge in [-0.15, -0.1) is 0 Å². The van der Waals surface area contributed by atoms with Gasteiger partial charge in [0.1, 0.15) is 11.6 Å². The molecule has 0 fully saturated rings. The number of rotatable bonds is 4. The Kier molecular flexibility index (Phi) is 4.81. The van der Waals surface area contributed by atoms with E-state index in [-0.39, 0.29) is 17.9 Å². The third-order valence-electron chi connectivity index (χ3n) is 2.17. The fraction of sp³-hybridized carbons (Fsp3) is 0.333. The van der Waals surface area contributed by atoms with Crippen LogP contribution >= 0.6 is 0 Å². The van der Waals surface area contributed by atoms with Gasteiger partial charge >= 0.3 is 6.09 Å². The second-order valence-electron chi connectivity index (χ2n) is 3.18. The monoisotopic (exact) mass is 250 g/mol. The molecular weight excluding hydrogens is 236 g/mol. The summed E-state index contributed by atoms with van der Waals surface area (Å²) in [7, 11) is 2.89. The molecule has 0 saturated carbocycles. The smallest absolute Gasteiger partial charge is 0.411 e. The summed E-state index contributed by atoms with van der Waals surface area (Å²) >= 11 is 0. The molecule has 6 heteroatoms. The molecule has 0 heterocycles. The Balaban J connectivity index is 3.14. The van der Waals surface area contributed by atoms with E-state index in [1.165, 1.54) is 14.2 Å². The van der Waals surface area contributed by atoms with Crippen LogP contribution in [0.1, 0.15) is 12.5 Å². The number of methoxy groups -OCH3 is 2. The summed E-state index contributed by atoms with van der Waals surface area (Å²) in [5, 5.41) is 11.6. The normalized spacial score (nSPS) is 9.22. The summed E-state index contributed by atoms with van der Waals surface area (Å²) in [6.45, 7) is 1.94. The summed E-state index contributed by atoms with van der Waals surface area (Å²) in [6.07, 6.45) is -0.624. The average molecular weight is 250 g/mol. The molecule has 0 radical (unpaired) electrons. The molecule has 0 saturated heterocycles. The number of nitrogens with zero attached hydrogens (tertiary/aromatic N) is 1. The van der Waals surface area contributed by atoms with E-state index >= 15 is 0 Å². The number of nitrogens with one attached hydrogen (secondary N) is 1. The number of nitriles is 1. The minimum absolute atomic E-state index is 0.185. The highest BCUT2D eigenvalue weighted by atomic mass is 16.5. The van der Waals surface area contributed by atoms with Crippen molar-refractivity contribution in [3.05, 3.63) is 17.7 Å². The van der Waals surface area contributed by atoms with Crippen molar-refractivity contribution in [1.29, 1.82) is 5.26 Å². The number of carbonyl (C=O) groups is 1. The Morgan fingerprint density at radius 3 is 2.61 bits per heavy atom. The van der Waals surface area contributed by atoms with Crippen LogP contribution in [0.3, 0.4) is 0 Å². The molecule has 1 amide bonds. The van der Waals surface area contributed by atoms with E-state index in [2.05, 4.69) is 5.32 Å². The lowest BCUT2D eigenvalue weighted by molar-refractivity contribution is 0.168. The van der Waals surface area contributed by atoms with Crippen LogP contribution in [0, 0.1) is 11.3 Å². The molecule has 0 bridgehead atoms. The van der Waals surface area contributed by atoms with Crippen molar-refractivity contribution >= 4 is 11.8 Å². The number of hydrogen-bond donors (Lipinski definition) is 1. The van der Waals surface area contributed by atoms with Crippen LogP contribution < -0.4 is 14.8 Å². The second kappa shape index (κ2) is 6.35. The second-order valence-corrected chi connectivity index (χ2v) is 3.18. The van der Waals surface area contributed by atoms with E-state index in [1.54, 1.807) is 19.1 Å². The summed E-state index contributed by atoms with van der Waals surface area (Å²) in [5.74, 6) is 0.692. The first-order valence-electron chi connectivity index (χ1n) is 5.26. The molecule has 0 aliphatic heterocycles. The van der Waals surface area contributed by atoms with Crippen LogP contribution in [0.25, 0.3) is 0 Å². The average Bonchev–Trinajstić information content (AvgIpc) is 2.38. The number of carbonyl (C=O) groups excluding carboxylic acids is 1. The summed E-state index contributed by atoms with van der Waals surface area (Å²) < 4.78 is 14.9. The molecule has 0 aliphatic rings. The molecule has 0 unspecified atom stereocenters. The first kappa shape index (κ1) is 13.6. The quantitative estimate of drug-likeness (QED) is 0.885. The molecule has 1 rings (SSSR count). The summed E-state index contributed by atoms with van der Waals surface area (Å²) in [4.78, 5) is 11.3. The SMILES string of the molecule is CCOC(=O)Nc1ccc(OC)c(OC)c1C#N. The Bertz CT molecular complexity index is 480. The van der Waals surface area contributed by atoms with Crippen LogP contribution in [0.2, 0.25) is 0 Å². The van der Waals surface area contributed by atoms with Crippen molar-refractivity contribution in [3.8, 4) is 17.6 Å². The van der Waals surface area contributed by atoms with Gasteiger partial charge in [0.15, 0.2) is 11.5 Å². The standard InChI is InChI=1S/C12H14N2O4/c1-4-18-12(15)14-9-5-6-10(16-2)11(17-3)8(9)7-13/h5-6H,4H2,1-3H3,(H,14,15). The first-order valence-corrected chi connectivity index (χ1v) is 5.26. The molecule has 1 aromatic carbocycles. The Hall–Kier alpha value is -2.42.